The van der Waals surface area contributed by atoms with E-state index >= 15 is 0 Å². The van der Waals surface area contributed by atoms with Gasteiger partial charge < -0.3 is 4.52 Å². The Kier molecular flexibility index (Phi) is 5.74. The molecular formula is C16H20N4O3S2. The maximum absolute atomic E-state index is 12.2. The van der Waals surface area contributed by atoms with E-state index in [2.05, 4.69) is 27.9 Å². The first kappa shape index (κ1) is 17.9. The van der Waals surface area contributed by atoms with Gasteiger partial charge in [0, 0.05) is 11.8 Å². The van der Waals surface area contributed by atoms with Gasteiger partial charge in [-0.15, -0.1) is 23.1 Å². The Hall–Kier alpha value is -1.87. The third-order valence-electron chi connectivity index (χ3n) is 3.90. The van der Waals surface area contributed by atoms with Crippen LogP contribution in [0.1, 0.15) is 45.2 Å². The maximum Gasteiger partial charge on any atom is 0.279 e. The molecule has 3 rings (SSSR count). The minimum absolute atomic E-state index is 0.201. The number of nitrogens with zero attached hydrogens (tertiary/aromatic N) is 2. The summed E-state index contributed by atoms with van der Waals surface area (Å²) in [5.74, 6) is 1.87. The second-order valence-electron chi connectivity index (χ2n) is 6.13. The molecule has 134 valence electrons. The van der Waals surface area contributed by atoms with Gasteiger partial charge in [0.15, 0.2) is 5.82 Å². The Labute approximate surface area is 153 Å². The number of thiophene rings is 1. The standard InChI is InChI=1S/C16H20N4O3S2/c1-9-3-4-12-11(5-9)6-13(25-12)16(22)19-18-15(21)8-24-7-14-17-10(2)23-20-14/h6,9H,3-5,7-8H2,1-2H3,(H,18,21)(H,19,22). The first-order valence-electron chi connectivity index (χ1n) is 8.09. The van der Waals surface area contributed by atoms with Crippen molar-refractivity contribution in [1.29, 1.82) is 0 Å². The molecule has 25 heavy (non-hydrogen) atoms. The van der Waals surface area contributed by atoms with Crippen LogP contribution in [0.3, 0.4) is 0 Å². The van der Waals surface area contributed by atoms with E-state index in [1.165, 1.54) is 40.0 Å². The molecule has 2 aromatic rings. The van der Waals surface area contributed by atoms with E-state index in [1.807, 2.05) is 6.07 Å². The molecule has 1 atom stereocenters. The van der Waals surface area contributed by atoms with Crippen LogP contribution in [0.25, 0.3) is 0 Å². The topological polar surface area (TPSA) is 97.1 Å². The predicted octanol–water partition coefficient (Wildman–Crippen LogP) is 2.26. The van der Waals surface area contributed by atoms with E-state index in [0.717, 1.165) is 12.8 Å². The first-order chi connectivity index (χ1) is 12.0. The van der Waals surface area contributed by atoms with Crippen LogP contribution < -0.4 is 10.9 Å². The molecule has 0 bridgehead atoms. The summed E-state index contributed by atoms with van der Waals surface area (Å²) in [5.41, 5.74) is 6.19. The van der Waals surface area contributed by atoms with Crippen molar-refractivity contribution in [1.82, 2.24) is 21.0 Å². The number of aromatic nitrogens is 2. The third-order valence-corrected chi connectivity index (χ3v) is 6.07. The van der Waals surface area contributed by atoms with Gasteiger partial charge in [0.1, 0.15) is 0 Å². The lowest BCUT2D eigenvalue weighted by Crippen LogP contribution is -2.42. The molecular weight excluding hydrogens is 360 g/mol. The number of hydrogen-bond donors (Lipinski definition) is 2. The average molecular weight is 380 g/mol. The number of carbonyl (C=O) groups excluding carboxylic acids is 2. The predicted molar refractivity (Wildman–Crippen MR) is 96.3 cm³/mol. The minimum Gasteiger partial charge on any atom is -0.340 e. The van der Waals surface area contributed by atoms with Gasteiger partial charge in [0.2, 0.25) is 11.8 Å². The van der Waals surface area contributed by atoms with E-state index in [1.54, 1.807) is 6.92 Å². The highest BCUT2D eigenvalue weighted by Crippen LogP contribution is 2.32. The van der Waals surface area contributed by atoms with Crippen LogP contribution in [0.4, 0.5) is 0 Å². The van der Waals surface area contributed by atoms with Gasteiger partial charge in [-0.3, -0.25) is 20.4 Å². The average Bonchev–Trinajstić information content (AvgIpc) is 3.18. The van der Waals surface area contributed by atoms with Crippen LogP contribution >= 0.6 is 23.1 Å². The summed E-state index contributed by atoms with van der Waals surface area (Å²) < 4.78 is 4.86. The first-order valence-corrected chi connectivity index (χ1v) is 10.1. The van der Waals surface area contributed by atoms with Crippen molar-refractivity contribution in [3.05, 3.63) is 33.1 Å². The van der Waals surface area contributed by atoms with Crippen LogP contribution in [-0.4, -0.2) is 27.7 Å². The maximum atomic E-state index is 12.2. The number of carbonyl (C=O) groups is 2. The van der Waals surface area contributed by atoms with Crippen molar-refractivity contribution in [2.75, 3.05) is 5.75 Å². The summed E-state index contributed by atoms with van der Waals surface area (Å²) >= 11 is 2.87. The molecule has 2 heterocycles. The van der Waals surface area contributed by atoms with Gasteiger partial charge in [-0.25, -0.2) is 0 Å². The molecule has 0 spiro atoms. The highest BCUT2D eigenvalue weighted by Gasteiger charge is 2.20. The zero-order chi connectivity index (χ0) is 17.8. The number of thioether (sulfide) groups is 1. The lowest BCUT2D eigenvalue weighted by molar-refractivity contribution is -0.119. The summed E-state index contributed by atoms with van der Waals surface area (Å²) in [6.45, 7) is 3.95. The Balaban J connectivity index is 1.42. The van der Waals surface area contributed by atoms with Gasteiger partial charge in [0.05, 0.1) is 16.4 Å². The van der Waals surface area contributed by atoms with Crippen molar-refractivity contribution in [3.63, 3.8) is 0 Å². The summed E-state index contributed by atoms with van der Waals surface area (Å²) in [5, 5.41) is 3.76. The monoisotopic (exact) mass is 380 g/mol. The molecule has 2 N–H and O–H groups in total. The van der Waals surface area contributed by atoms with Crippen molar-refractivity contribution < 1.29 is 14.1 Å². The summed E-state index contributed by atoms with van der Waals surface area (Å²) in [7, 11) is 0. The SMILES string of the molecule is Cc1nc(CSCC(=O)NNC(=O)c2cc3c(s2)CCC(C)C3)no1. The van der Waals surface area contributed by atoms with Crippen molar-refractivity contribution in [2.24, 2.45) is 5.92 Å². The Morgan fingerprint density at radius 3 is 3.04 bits per heavy atom. The van der Waals surface area contributed by atoms with Crippen LogP contribution in [0.15, 0.2) is 10.6 Å². The van der Waals surface area contributed by atoms with Crippen molar-refractivity contribution in [2.45, 2.75) is 38.9 Å². The molecule has 1 aliphatic rings. The van der Waals surface area contributed by atoms with Gasteiger partial charge in [-0.1, -0.05) is 12.1 Å². The minimum atomic E-state index is -0.270. The lowest BCUT2D eigenvalue weighted by Gasteiger charge is -2.16. The van der Waals surface area contributed by atoms with Gasteiger partial charge in [-0.05, 0) is 36.8 Å². The fourth-order valence-electron chi connectivity index (χ4n) is 2.68. The largest absolute Gasteiger partial charge is 0.340 e. The molecule has 0 fully saturated rings. The number of aryl methyl sites for hydroxylation is 2. The molecule has 0 saturated carbocycles. The number of nitrogens with one attached hydrogen (secondary N) is 2. The van der Waals surface area contributed by atoms with Crippen LogP contribution in [0, 0.1) is 12.8 Å². The Morgan fingerprint density at radius 2 is 2.28 bits per heavy atom. The van der Waals surface area contributed by atoms with Gasteiger partial charge >= 0.3 is 0 Å². The molecule has 7 nitrogen and oxygen atoms in total. The Morgan fingerprint density at radius 1 is 1.44 bits per heavy atom. The highest BCUT2D eigenvalue weighted by atomic mass is 32.2. The fraction of sp³-hybridized carbons (Fsp3) is 0.500. The number of amides is 2. The Bertz CT molecular complexity index is 771. The number of hydrazine groups is 1. The lowest BCUT2D eigenvalue weighted by atomic mass is 9.90. The van der Waals surface area contributed by atoms with Crippen LogP contribution in [-0.2, 0) is 23.4 Å². The molecule has 9 heteroatoms. The van der Waals surface area contributed by atoms with Crippen molar-refractivity contribution >= 4 is 34.9 Å². The third kappa shape index (κ3) is 4.82. The van der Waals surface area contributed by atoms with E-state index in [9.17, 15) is 9.59 Å². The zero-order valence-electron chi connectivity index (χ0n) is 14.1. The quantitative estimate of drug-likeness (QED) is 0.772. The molecule has 0 aliphatic heterocycles. The van der Waals surface area contributed by atoms with Crippen LogP contribution in [0.2, 0.25) is 0 Å². The molecule has 0 radical (unpaired) electrons. The van der Waals surface area contributed by atoms with Gasteiger partial charge in [-0.2, -0.15) is 4.98 Å². The molecule has 2 amide bonds. The molecule has 1 aliphatic carbocycles. The zero-order valence-corrected chi connectivity index (χ0v) is 15.8. The van der Waals surface area contributed by atoms with Crippen molar-refractivity contribution in [3.8, 4) is 0 Å². The number of rotatable bonds is 5. The molecule has 1 unspecified atom stereocenters. The number of hydrogen-bond acceptors (Lipinski definition) is 7. The fourth-order valence-corrected chi connectivity index (χ4v) is 4.44. The van der Waals surface area contributed by atoms with E-state index in [-0.39, 0.29) is 17.6 Å². The molecule has 0 aromatic carbocycles. The summed E-state index contributed by atoms with van der Waals surface area (Å²) in [6.07, 6.45) is 3.23. The highest BCUT2D eigenvalue weighted by molar-refractivity contribution is 7.99. The van der Waals surface area contributed by atoms with E-state index < -0.39 is 0 Å². The number of fused-ring (bicyclic) bond motifs is 1. The summed E-state index contributed by atoms with van der Waals surface area (Å²) in [6, 6.07) is 1.95. The normalized spacial score (nSPS) is 16.3. The smallest absolute Gasteiger partial charge is 0.279 e. The molecule has 2 aromatic heterocycles. The summed E-state index contributed by atoms with van der Waals surface area (Å²) in [4.78, 5) is 30.0. The van der Waals surface area contributed by atoms with E-state index in [0.29, 0.717) is 28.3 Å². The second-order valence-corrected chi connectivity index (χ2v) is 8.25. The van der Waals surface area contributed by atoms with E-state index in [4.69, 9.17) is 4.52 Å². The second kappa shape index (κ2) is 8.01. The van der Waals surface area contributed by atoms with Gasteiger partial charge in [0.25, 0.3) is 5.91 Å². The van der Waals surface area contributed by atoms with Crippen LogP contribution in [0.5, 0.6) is 0 Å². The molecule has 0 saturated heterocycles.